The van der Waals surface area contributed by atoms with Crippen LogP contribution in [0.5, 0.6) is 0 Å². The van der Waals surface area contributed by atoms with Gasteiger partial charge >= 0.3 is 0 Å². The lowest BCUT2D eigenvalue weighted by atomic mass is 10.2. The lowest BCUT2D eigenvalue weighted by molar-refractivity contribution is 0.527. The summed E-state index contributed by atoms with van der Waals surface area (Å²) in [6, 6.07) is 0. The van der Waals surface area contributed by atoms with E-state index in [4.69, 9.17) is 4.43 Å². The summed E-state index contributed by atoms with van der Waals surface area (Å²) >= 11 is 0. The summed E-state index contributed by atoms with van der Waals surface area (Å²) in [5.74, 6) is 0. The van der Waals surface area contributed by atoms with E-state index in [1.54, 1.807) is 0 Å². The van der Waals surface area contributed by atoms with Crippen molar-refractivity contribution in [2.75, 3.05) is 6.23 Å². The maximum Gasteiger partial charge on any atom is 0.218 e. The predicted molar refractivity (Wildman–Crippen MR) is 37.3 cm³/mol. The highest BCUT2D eigenvalue weighted by atomic mass is 28.4. The van der Waals surface area contributed by atoms with Gasteiger partial charge in [-0.2, -0.15) is 0 Å². The Balaban J connectivity index is 2.58. The molecule has 1 aliphatic heterocycles. The van der Waals surface area contributed by atoms with Gasteiger partial charge in [0.25, 0.3) is 0 Å². The molecule has 1 heterocycles. The highest BCUT2D eigenvalue weighted by molar-refractivity contribution is 6.82. The molecular formula is C6H14OSi. The number of rotatable bonds is 0. The summed E-state index contributed by atoms with van der Waals surface area (Å²) in [5, 5.41) is 0.465. The van der Waals surface area contributed by atoms with Crippen LogP contribution >= 0.6 is 0 Å². The minimum atomic E-state index is -1.11. The minimum Gasteiger partial charge on any atom is -0.415 e. The first-order valence-corrected chi connectivity index (χ1v) is 5.71. The zero-order chi connectivity index (χ0) is 6.41. The summed E-state index contributed by atoms with van der Waals surface area (Å²) in [6.07, 6.45) is 1.08. The maximum atomic E-state index is 5.40. The van der Waals surface area contributed by atoms with Gasteiger partial charge in [-0.3, -0.25) is 0 Å². The van der Waals surface area contributed by atoms with Gasteiger partial charge in [0.1, 0.15) is 0 Å². The molecule has 0 N–H and O–H groups in total. The molecule has 1 atom stereocenters. The van der Waals surface area contributed by atoms with Crippen LogP contribution in [0.1, 0.15) is 20.8 Å². The van der Waals surface area contributed by atoms with E-state index < -0.39 is 8.32 Å². The van der Waals surface area contributed by atoms with Crippen LogP contribution in [0.2, 0.25) is 11.6 Å². The first-order valence-electron chi connectivity index (χ1n) is 3.10. The smallest absolute Gasteiger partial charge is 0.218 e. The van der Waals surface area contributed by atoms with E-state index >= 15 is 0 Å². The van der Waals surface area contributed by atoms with E-state index in [1.165, 1.54) is 0 Å². The van der Waals surface area contributed by atoms with Crippen LogP contribution < -0.4 is 0 Å². The van der Waals surface area contributed by atoms with Crippen LogP contribution in [0.4, 0.5) is 0 Å². The van der Waals surface area contributed by atoms with Crippen molar-refractivity contribution in [1.82, 2.24) is 0 Å². The molecule has 1 nitrogen and oxygen atoms in total. The van der Waals surface area contributed by atoms with Crippen molar-refractivity contribution < 1.29 is 4.43 Å². The van der Waals surface area contributed by atoms with Crippen molar-refractivity contribution in [3.8, 4) is 0 Å². The summed E-state index contributed by atoms with van der Waals surface area (Å²) in [7, 11) is -1.11. The van der Waals surface area contributed by atoms with Gasteiger partial charge in [-0.25, -0.2) is 0 Å². The normalized spacial score (nSPS) is 37.5. The largest absolute Gasteiger partial charge is 0.415 e. The fourth-order valence-corrected chi connectivity index (χ4v) is 2.27. The van der Waals surface area contributed by atoms with E-state index in [2.05, 4.69) is 27.3 Å². The Hall–Kier alpha value is 0.177. The van der Waals surface area contributed by atoms with Gasteiger partial charge in [-0.05, 0) is 11.6 Å². The molecule has 2 heteroatoms. The molecule has 0 radical (unpaired) electrons. The van der Waals surface area contributed by atoms with Gasteiger partial charge in [0.2, 0.25) is 8.32 Å². The molecule has 1 fully saturated rings. The lowest BCUT2D eigenvalue weighted by Gasteiger charge is -2.20. The predicted octanol–water partition coefficient (Wildman–Crippen LogP) is 1.93. The van der Waals surface area contributed by atoms with Crippen molar-refractivity contribution >= 4 is 8.32 Å². The van der Waals surface area contributed by atoms with Crippen molar-refractivity contribution in [1.29, 1.82) is 0 Å². The average molecular weight is 130 g/mol. The van der Waals surface area contributed by atoms with Crippen LogP contribution in [0.25, 0.3) is 0 Å². The first-order chi connectivity index (χ1) is 3.46. The van der Waals surface area contributed by atoms with Crippen LogP contribution in [-0.2, 0) is 4.43 Å². The summed E-state index contributed by atoms with van der Waals surface area (Å²) in [6.45, 7) is 9.11. The summed E-state index contributed by atoms with van der Waals surface area (Å²) < 4.78 is 5.40. The molecule has 0 aliphatic carbocycles. The molecule has 1 unspecified atom stereocenters. The van der Waals surface area contributed by atoms with Gasteiger partial charge in [-0.1, -0.05) is 20.8 Å². The van der Waals surface area contributed by atoms with Gasteiger partial charge in [0.05, 0.1) is 6.23 Å². The number of hydrogen-bond acceptors (Lipinski definition) is 1. The van der Waals surface area contributed by atoms with Crippen LogP contribution in [0.3, 0.4) is 0 Å². The Morgan fingerprint density at radius 2 is 1.75 bits per heavy atom. The molecule has 0 aromatic heterocycles. The SMILES string of the molecule is CC(C)(C)[Si]1(C)CO1. The first kappa shape index (κ1) is 6.30. The zero-order valence-electron chi connectivity index (χ0n) is 6.12. The summed E-state index contributed by atoms with van der Waals surface area (Å²) in [5.41, 5.74) is 0. The van der Waals surface area contributed by atoms with Crippen molar-refractivity contribution in [2.24, 2.45) is 0 Å². The molecule has 48 valence electrons. The van der Waals surface area contributed by atoms with Crippen LogP contribution in [-0.4, -0.2) is 14.5 Å². The topological polar surface area (TPSA) is 12.5 Å². The summed E-state index contributed by atoms with van der Waals surface area (Å²) in [4.78, 5) is 0. The highest BCUT2D eigenvalue weighted by Crippen LogP contribution is 2.44. The van der Waals surface area contributed by atoms with E-state index in [9.17, 15) is 0 Å². The Morgan fingerprint density at radius 3 is 1.75 bits per heavy atom. The van der Waals surface area contributed by atoms with E-state index in [0.29, 0.717) is 5.04 Å². The van der Waals surface area contributed by atoms with E-state index in [0.717, 1.165) is 6.23 Å². The monoisotopic (exact) mass is 130 g/mol. The Bertz CT molecular complexity index is 96.3. The van der Waals surface area contributed by atoms with Gasteiger partial charge < -0.3 is 4.43 Å². The van der Waals surface area contributed by atoms with Crippen LogP contribution in [0, 0.1) is 0 Å². The maximum absolute atomic E-state index is 5.40. The quantitative estimate of drug-likeness (QED) is 0.360. The van der Waals surface area contributed by atoms with Crippen LogP contribution in [0.15, 0.2) is 0 Å². The second-order valence-corrected chi connectivity index (χ2v) is 8.31. The second kappa shape index (κ2) is 1.36. The Labute approximate surface area is 52.2 Å². The number of hydrogen-bond donors (Lipinski definition) is 0. The van der Waals surface area contributed by atoms with E-state index in [-0.39, 0.29) is 0 Å². The van der Waals surface area contributed by atoms with Gasteiger partial charge in [0, 0.05) is 0 Å². The highest BCUT2D eigenvalue weighted by Gasteiger charge is 2.52. The fraction of sp³-hybridized carbons (Fsp3) is 1.00. The average Bonchev–Trinajstić information content (AvgIpc) is 2.16. The third kappa shape index (κ3) is 0.824. The molecule has 0 bridgehead atoms. The molecule has 1 rings (SSSR count). The second-order valence-electron chi connectivity index (χ2n) is 3.77. The van der Waals surface area contributed by atoms with E-state index in [1.807, 2.05) is 0 Å². The Morgan fingerprint density at radius 1 is 1.38 bits per heavy atom. The molecular weight excluding hydrogens is 116 g/mol. The molecule has 0 spiro atoms. The standard InChI is InChI=1S/C6H14OSi/c1-6(2,3)8(4)5-7-8/h5H2,1-4H3. The molecule has 8 heavy (non-hydrogen) atoms. The third-order valence-corrected chi connectivity index (χ3v) is 6.49. The molecule has 0 saturated carbocycles. The molecule has 0 aromatic rings. The molecule has 0 amide bonds. The molecule has 1 aliphatic rings. The third-order valence-electron chi connectivity index (χ3n) is 2.16. The van der Waals surface area contributed by atoms with Gasteiger partial charge in [-0.15, -0.1) is 0 Å². The molecule has 1 saturated heterocycles. The lowest BCUT2D eigenvalue weighted by Crippen LogP contribution is -2.25. The minimum absolute atomic E-state index is 0.465. The Kier molecular flexibility index (Phi) is 1.07. The molecule has 0 aromatic carbocycles. The van der Waals surface area contributed by atoms with Crippen molar-refractivity contribution in [3.63, 3.8) is 0 Å². The zero-order valence-corrected chi connectivity index (χ0v) is 7.12. The van der Waals surface area contributed by atoms with Crippen molar-refractivity contribution in [3.05, 3.63) is 0 Å². The van der Waals surface area contributed by atoms with Crippen molar-refractivity contribution in [2.45, 2.75) is 32.4 Å². The fourth-order valence-electron chi connectivity index (χ4n) is 0.541. The van der Waals surface area contributed by atoms with Gasteiger partial charge in [0.15, 0.2) is 0 Å².